The van der Waals surface area contributed by atoms with Crippen molar-refractivity contribution < 1.29 is 5.11 Å². The summed E-state index contributed by atoms with van der Waals surface area (Å²) in [7, 11) is 2.01. The third-order valence-electron chi connectivity index (χ3n) is 3.18. The summed E-state index contributed by atoms with van der Waals surface area (Å²) in [6.07, 6.45) is 3.58. The van der Waals surface area contributed by atoms with Crippen LogP contribution >= 0.6 is 0 Å². The van der Waals surface area contributed by atoms with Gasteiger partial charge in [0.2, 0.25) is 0 Å². The van der Waals surface area contributed by atoms with Gasteiger partial charge in [0.15, 0.2) is 0 Å². The number of hydrogen-bond donors (Lipinski definition) is 1. The summed E-state index contributed by atoms with van der Waals surface area (Å²) in [6.45, 7) is 3.23. The average molecular weight is 256 g/mol. The van der Waals surface area contributed by atoms with E-state index in [0.29, 0.717) is 6.54 Å². The van der Waals surface area contributed by atoms with Gasteiger partial charge in [0, 0.05) is 25.5 Å². The molecule has 0 bridgehead atoms. The highest BCUT2D eigenvalue weighted by atomic mass is 16.3. The molecule has 0 radical (unpaired) electrons. The van der Waals surface area contributed by atoms with Crippen LogP contribution < -0.4 is 0 Å². The lowest BCUT2D eigenvalue weighted by Crippen LogP contribution is -2.36. The van der Waals surface area contributed by atoms with Crippen molar-refractivity contribution in [3.63, 3.8) is 0 Å². The van der Waals surface area contributed by atoms with E-state index in [0.717, 1.165) is 12.1 Å². The molecule has 2 rings (SSSR count). The predicted octanol–water partition coefficient (Wildman–Crippen LogP) is 2.42. The number of pyridine rings is 1. The zero-order valence-electron chi connectivity index (χ0n) is 11.5. The van der Waals surface area contributed by atoms with Gasteiger partial charge in [-0.05, 0) is 37.2 Å². The van der Waals surface area contributed by atoms with Crippen LogP contribution in [0.5, 0.6) is 0 Å². The normalized spacial score (nSPS) is 14.3. The van der Waals surface area contributed by atoms with E-state index in [1.54, 1.807) is 12.4 Å². The van der Waals surface area contributed by atoms with Crippen LogP contribution in [0.4, 0.5) is 0 Å². The third kappa shape index (κ3) is 3.88. The van der Waals surface area contributed by atoms with Crippen LogP contribution in [-0.4, -0.2) is 28.6 Å². The maximum absolute atomic E-state index is 10.6. The van der Waals surface area contributed by atoms with Gasteiger partial charge in [0.25, 0.3) is 0 Å². The molecule has 100 valence electrons. The van der Waals surface area contributed by atoms with Gasteiger partial charge < -0.3 is 5.11 Å². The fourth-order valence-electron chi connectivity index (χ4n) is 2.27. The molecule has 0 spiro atoms. The molecule has 3 nitrogen and oxygen atoms in total. The lowest BCUT2D eigenvalue weighted by Gasteiger charge is -2.29. The molecule has 0 saturated carbocycles. The molecule has 3 heteroatoms. The molecule has 1 heterocycles. The second kappa shape index (κ2) is 5.95. The molecule has 0 saturated heterocycles. The molecule has 0 amide bonds. The molecule has 1 N–H and O–H groups in total. The molecule has 1 aromatic heterocycles. The topological polar surface area (TPSA) is 36.4 Å². The van der Waals surface area contributed by atoms with Gasteiger partial charge in [-0.25, -0.2) is 0 Å². The summed E-state index contributed by atoms with van der Waals surface area (Å²) in [5, 5.41) is 10.6. The van der Waals surface area contributed by atoms with E-state index in [1.807, 2.05) is 56.4 Å². The molecule has 0 aliphatic heterocycles. The quantitative estimate of drug-likeness (QED) is 0.892. The van der Waals surface area contributed by atoms with Crippen LogP contribution in [0.15, 0.2) is 54.9 Å². The monoisotopic (exact) mass is 256 g/mol. The molecule has 0 fully saturated rings. The van der Waals surface area contributed by atoms with Crippen LogP contribution in [0, 0.1) is 0 Å². The van der Waals surface area contributed by atoms with E-state index in [1.165, 1.54) is 5.56 Å². The highest BCUT2D eigenvalue weighted by Crippen LogP contribution is 2.21. The minimum Gasteiger partial charge on any atom is -0.384 e. The number of nitrogens with zero attached hydrogens (tertiary/aromatic N) is 2. The zero-order valence-corrected chi connectivity index (χ0v) is 11.5. The average Bonchev–Trinajstić information content (AvgIpc) is 2.40. The maximum Gasteiger partial charge on any atom is 0.0994 e. The van der Waals surface area contributed by atoms with Gasteiger partial charge in [0.05, 0.1) is 5.60 Å². The van der Waals surface area contributed by atoms with Crippen molar-refractivity contribution in [2.24, 2.45) is 0 Å². The number of rotatable bonds is 5. The molecule has 0 aliphatic carbocycles. The van der Waals surface area contributed by atoms with Gasteiger partial charge in [0.1, 0.15) is 0 Å². The Hall–Kier alpha value is -1.71. The summed E-state index contributed by atoms with van der Waals surface area (Å²) in [5.74, 6) is 0. The largest absolute Gasteiger partial charge is 0.384 e. The Morgan fingerprint density at radius 2 is 1.74 bits per heavy atom. The highest BCUT2D eigenvalue weighted by Gasteiger charge is 2.24. The molecule has 1 aromatic carbocycles. The van der Waals surface area contributed by atoms with Crippen LogP contribution in [0.2, 0.25) is 0 Å². The molecule has 1 unspecified atom stereocenters. The fraction of sp³-hybridized carbons (Fsp3) is 0.312. The van der Waals surface area contributed by atoms with Crippen molar-refractivity contribution in [1.82, 2.24) is 9.88 Å². The Balaban J connectivity index is 2.00. The summed E-state index contributed by atoms with van der Waals surface area (Å²) in [5.41, 5.74) is 1.29. The standard InChI is InChI=1S/C16H20N2O/c1-16(19,15-6-4-3-5-7-15)13-18(2)12-14-8-10-17-11-9-14/h3-11,19H,12-13H2,1-2H3. The van der Waals surface area contributed by atoms with Gasteiger partial charge in [-0.1, -0.05) is 30.3 Å². The van der Waals surface area contributed by atoms with Crippen molar-refractivity contribution in [2.45, 2.75) is 19.1 Å². The first-order valence-corrected chi connectivity index (χ1v) is 6.43. The van der Waals surface area contributed by atoms with Crippen LogP contribution in [0.25, 0.3) is 0 Å². The number of likely N-dealkylation sites (N-methyl/N-ethyl adjacent to an activating group) is 1. The van der Waals surface area contributed by atoms with Crippen molar-refractivity contribution in [3.05, 3.63) is 66.0 Å². The van der Waals surface area contributed by atoms with E-state index in [-0.39, 0.29) is 0 Å². The maximum atomic E-state index is 10.6. The van der Waals surface area contributed by atoms with E-state index in [4.69, 9.17) is 0 Å². The Morgan fingerprint density at radius 3 is 2.37 bits per heavy atom. The molecule has 19 heavy (non-hydrogen) atoms. The lowest BCUT2D eigenvalue weighted by molar-refractivity contribution is 0.0214. The number of benzene rings is 1. The number of hydrogen-bond acceptors (Lipinski definition) is 3. The van der Waals surface area contributed by atoms with E-state index in [2.05, 4.69) is 9.88 Å². The SMILES string of the molecule is CN(Cc1ccncc1)CC(C)(O)c1ccccc1. The third-order valence-corrected chi connectivity index (χ3v) is 3.18. The van der Waals surface area contributed by atoms with Gasteiger partial charge in [-0.15, -0.1) is 0 Å². The van der Waals surface area contributed by atoms with Crippen molar-refractivity contribution in [2.75, 3.05) is 13.6 Å². The molecular formula is C16H20N2O. The highest BCUT2D eigenvalue weighted by molar-refractivity contribution is 5.22. The summed E-state index contributed by atoms with van der Waals surface area (Å²) in [6, 6.07) is 13.8. The van der Waals surface area contributed by atoms with E-state index < -0.39 is 5.60 Å². The first-order valence-electron chi connectivity index (χ1n) is 6.43. The summed E-state index contributed by atoms with van der Waals surface area (Å²) < 4.78 is 0. The minimum atomic E-state index is -0.844. The van der Waals surface area contributed by atoms with E-state index in [9.17, 15) is 5.11 Å². The van der Waals surface area contributed by atoms with Gasteiger partial charge in [-0.2, -0.15) is 0 Å². The lowest BCUT2D eigenvalue weighted by atomic mass is 9.95. The van der Waals surface area contributed by atoms with Crippen molar-refractivity contribution in [1.29, 1.82) is 0 Å². The van der Waals surface area contributed by atoms with Crippen LogP contribution in [0.1, 0.15) is 18.1 Å². The first kappa shape index (κ1) is 13.7. The van der Waals surface area contributed by atoms with Crippen molar-refractivity contribution in [3.8, 4) is 0 Å². The van der Waals surface area contributed by atoms with Gasteiger partial charge in [-0.3, -0.25) is 9.88 Å². The first-order chi connectivity index (χ1) is 9.08. The Bertz CT molecular complexity index is 497. The smallest absolute Gasteiger partial charge is 0.0994 e. The summed E-state index contributed by atoms with van der Waals surface area (Å²) in [4.78, 5) is 6.12. The van der Waals surface area contributed by atoms with Crippen LogP contribution in [-0.2, 0) is 12.1 Å². The molecule has 1 atom stereocenters. The van der Waals surface area contributed by atoms with E-state index >= 15 is 0 Å². The molecular weight excluding hydrogens is 236 g/mol. The number of aliphatic hydroxyl groups is 1. The molecule has 0 aliphatic rings. The number of aromatic nitrogens is 1. The Morgan fingerprint density at radius 1 is 1.11 bits per heavy atom. The zero-order chi connectivity index (χ0) is 13.7. The predicted molar refractivity (Wildman–Crippen MR) is 76.6 cm³/mol. The van der Waals surface area contributed by atoms with Crippen molar-refractivity contribution >= 4 is 0 Å². The molecule has 2 aromatic rings. The second-order valence-corrected chi connectivity index (χ2v) is 5.17. The van der Waals surface area contributed by atoms with Crippen LogP contribution in [0.3, 0.4) is 0 Å². The second-order valence-electron chi connectivity index (χ2n) is 5.17. The summed E-state index contributed by atoms with van der Waals surface area (Å²) >= 11 is 0. The fourth-order valence-corrected chi connectivity index (χ4v) is 2.27. The van der Waals surface area contributed by atoms with Gasteiger partial charge >= 0.3 is 0 Å². The minimum absolute atomic E-state index is 0.583. The Kier molecular flexibility index (Phi) is 4.30. The Labute approximate surface area is 114 Å².